The number of piperidine rings is 1. The van der Waals surface area contributed by atoms with Crippen LogP contribution in [0.4, 0.5) is 0 Å². The summed E-state index contributed by atoms with van der Waals surface area (Å²) in [7, 11) is 1.82. The summed E-state index contributed by atoms with van der Waals surface area (Å²) < 4.78 is 3.84. The molecule has 0 radical (unpaired) electrons. The summed E-state index contributed by atoms with van der Waals surface area (Å²) in [5.74, 6) is 1.49. The summed E-state index contributed by atoms with van der Waals surface area (Å²) in [6, 6.07) is 1.77. The van der Waals surface area contributed by atoms with E-state index in [1.807, 2.05) is 29.9 Å². The summed E-state index contributed by atoms with van der Waals surface area (Å²) in [5.41, 5.74) is 3.44. The van der Waals surface area contributed by atoms with Gasteiger partial charge in [-0.25, -0.2) is 9.97 Å². The number of aryl methyl sites for hydroxylation is 1. The Morgan fingerprint density at radius 2 is 2.12 bits per heavy atom. The monoisotopic (exact) mass is 356 g/mol. The number of thiazole rings is 1. The van der Waals surface area contributed by atoms with E-state index in [1.54, 1.807) is 28.3 Å². The maximum absolute atomic E-state index is 12.5. The zero-order valence-corrected chi connectivity index (χ0v) is 14.9. The molecule has 4 rings (SSSR count). The van der Waals surface area contributed by atoms with Crippen molar-refractivity contribution in [3.63, 3.8) is 0 Å². The van der Waals surface area contributed by atoms with Crippen LogP contribution in [0.15, 0.2) is 35.5 Å². The first-order valence-corrected chi connectivity index (χ1v) is 9.32. The van der Waals surface area contributed by atoms with Crippen LogP contribution in [0.3, 0.4) is 0 Å². The van der Waals surface area contributed by atoms with Crippen molar-refractivity contribution in [1.29, 1.82) is 0 Å². The van der Waals surface area contributed by atoms with Gasteiger partial charge in [0.1, 0.15) is 11.5 Å². The minimum absolute atomic E-state index is 0.0184. The van der Waals surface area contributed by atoms with Gasteiger partial charge in [-0.2, -0.15) is 5.10 Å². The van der Waals surface area contributed by atoms with Gasteiger partial charge in [-0.05, 0) is 18.9 Å². The van der Waals surface area contributed by atoms with Crippen molar-refractivity contribution in [2.24, 2.45) is 7.05 Å². The van der Waals surface area contributed by atoms with Gasteiger partial charge in [0.2, 0.25) is 0 Å². The molecule has 0 aromatic carbocycles. The van der Waals surface area contributed by atoms with Gasteiger partial charge in [-0.1, -0.05) is 0 Å². The van der Waals surface area contributed by atoms with E-state index in [0.717, 1.165) is 44.0 Å². The summed E-state index contributed by atoms with van der Waals surface area (Å²) >= 11 is 1.61. The van der Waals surface area contributed by atoms with Gasteiger partial charge >= 0.3 is 0 Å². The highest BCUT2D eigenvalue weighted by atomic mass is 32.1. The number of imidazole rings is 1. The van der Waals surface area contributed by atoms with E-state index in [1.165, 1.54) is 0 Å². The standard InChI is InChI=1S/C17H20N6OS/c1-21-6-4-15(20-21)17(24)22-7-2-13(3-8-22)16-18-5-9-23(16)10-14-11-25-12-19-14/h4-6,9,11-13H,2-3,7-8,10H2,1H3. The molecule has 0 N–H and O–H groups in total. The Kier molecular flexibility index (Phi) is 4.35. The van der Waals surface area contributed by atoms with Gasteiger partial charge < -0.3 is 9.47 Å². The summed E-state index contributed by atoms with van der Waals surface area (Å²) in [6.45, 7) is 2.24. The zero-order chi connectivity index (χ0) is 17.2. The molecule has 0 spiro atoms. The van der Waals surface area contributed by atoms with E-state index in [9.17, 15) is 4.79 Å². The van der Waals surface area contributed by atoms with Crippen molar-refractivity contribution in [2.75, 3.05) is 13.1 Å². The molecule has 0 saturated carbocycles. The minimum atomic E-state index is 0.0184. The molecule has 1 aliphatic heterocycles. The first-order chi connectivity index (χ1) is 12.2. The minimum Gasteiger partial charge on any atom is -0.337 e. The Morgan fingerprint density at radius 1 is 1.28 bits per heavy atom. The molecule has 7 nitrogen and oxygen atoms in total. The van der Waals surface area contributed by atoms with Crippen LogP contribution in [0.25, 0.3) is 0 Å². The molecule has 8 heteroatoms. The molecule has 0 bridgehead atoms. The fraction of sp³-hybridized carbons (Fsp3) is 0.412. The van der Waals surface area contributed by atoms with Crippen molar-refractivity contribution in [2.45, 2.75) is 25.3 Å². The fourth-order valence-corrected chi connectivity index (χ4v) is 3.89. The third-order valence-electron chi connectivity index (χ3n) is 4.64. The lowest BCUT2D eigenvalue weighted by Crippen LogP contribution is -2.38. The molecule has 3 aromatic rings. The number of carbonyl (C=O) groups is 1. The Labute approximate surface area is 149 Å². The van der Waals surface area contributed by atoms with Crippen LogP contribution < -0.4 is 0 Å². The second-order valence-corrected chi connectivity index (χ2v) is 7.05. The topological polar surface area (TPSA) is 68.8 Å². The lowest BCUT2D eigenvalue weighted by atomic mass is 9.95. The molecule has 1 saturated heterocycles. The number of hydrogen-bond donors (Lipinski definition) is 0. The van der Waals surface area contributed by atoms with Crippen molar-refractivity contribution >= 4 is 17.2 Å². The molecule has 3 aromatic heterocycles. The second kappa shape index (κ2) is 6.79. The SMILES string of the molecule is Cn1ccc(C(=O)N2CCC(c3nccn3Cc3cscn3)CC2)n1. The second-order valence-electron chi connectivity index (χ2n) is 6.33. The number of likely N-dealkylation sites (tertiary alicyclic amines) is 1. The van der Waals surface area contributed by atoms with Crippen molar-refractivity contribution in [3.05, 3.63) is 52.8 Å². The number of hydrogen-bond acceptors (Lipinski definition) is 5. The maximum Gasteiger partial charge on any atom is 0.274 e. The predicted octanol–water partition coefficient (Wildman–Crippen LogP) is 2.14. The summed E-state index contributed by atoms with van der Waals surface area (Å²) in [4.78, 5) is 23.3. The average molecular weight is 356 g/mol. The molecule has 0 atom stereocenters. The largest absolute Gasteiger partial charge is 0.337 e. The molecule has 0 aliphatic carbocycles. The Bertz CT molecular complexity index is 844. The van der Waals surface area contributed by atoms with E-state index >= 15 is 0 Å². The Hall–Kier alpha value is -2.48. The van der Waals surface area contributed by atoms with E-state index < -0.39 is 0 Å². The summed E-state index contributed by atoms with van der Waals surface area (Å²) in [5, 5.41) is 6.28. The third kappa shape index (κ3) is 3.34. The van der Waals surface area contributed by atoms with Gasteiger partial charge in [-0.15, -0.1) is 11.3 Å². The number of aromatic nitrogens is 5. The molecule has 25 heavy (non-hydrogen) atoms. The molecule has 130 valence electrons. The van der Waals surface area contributed by atoms with Gasteiger partial charge in [0.05, 0.1) is 17.7 Å². The smallest absolute Gasteiger partial charge is 0.274 e. The first-order valence-electron chi connectivity index (χ1n) is 8.37. The molecule has 4 heterocycles. The number of carbonyl (C=O) groups excluding carboxylic acids is 1. The normalized spacial score (nSPS) is 15.6. The Morgan fingerprint density at radius 3 is 2.80 bits per heavy atom. The lowest BCUT2D eigenvalue weighted by Gasteiger charge is -2.31. The third-order valence-corrected chi connectivity index (χ3v) is 5.28. The fourth-order valence-electron chi connectivity index (χ4n) is 3.34. The van der Waals surface area contributed by atoms with Crippen LogP contribution in [0, 0.1) is 0 Å². The van der Waals surface area contributed by atoms with Crippen LogP contribution in [0.1, 0.15) is 40.8 Å². The van der Waals surface area contributed by atoms with Crippen molar-refractivity contribution in [1.82, 2.24) is 29.2 Å². The van der Waals surface area contributed by atoms with Gasteiger partial charge in [0, 0.05) is 50.0 Å². The summed E-state index contributed by atoms with van der Waals surface area (Å²) in [6.07, 6.45) is 7.52. The van der Waals surface area contributed by atoms with Crippen LogP contribution in [0.5, 0.6) is 0 Å². The van der Waals surface area contributed by atoms with E-state index in [0.29, 0.717) is 11.6 Å². The van der Waals surface area contributed by atoms with Crippen LogP contribution in [0.2, 0.25) is 0 Å². The molecule has 1 fully saturated rings. The molecule has 1 aliphatic rings. The molecular formula is C17H20N6OS. The highest BCUT2D eigenvalue weighted by Gasteiger charge is 2.27. The van der Waals surface area contributed by atoms with Crippen LogP contribution in [-0.2, 0) is 13.6 Å². The molecular weight excluding hydrogens is 336 g/mol. The molecule has 1 amide bonds. The highest BCUT2D eigenvalue weighted by molar-refractivity contribution is 7.07. The van der Waals surface area contributed by atoms with Crippen LogP contribution >= 0.6 is 11.3 Å². The quantitative estimate of drug-likeness (QED) is 0.718. The highest BCUT2D eigenvalue weighted by Crippen LogP contribution is 2.28. The van der Waals surface area contributed by atoms with Gasteiger partial charge in [-0.3, -0.25) is 9.48 Å². The molecule has 0 unspecified atom stereocenters. The van der Waals surface area contributed by atoms with Gasteiger partial charge in [0.15, 0.2) is 0 Å². The average Bonchev–Trinajstić information content (AvgIpc) is 3.37. The Balaban J connectivity index is 1.41. The van der Waals surface area contributed by atoms with Crippen LogP contribution in [-0.4, -0.2) is 48.2 Å². The van der Waals surface area contributed by atoms with Crippen molar-refractivity contribution < 1.29 is 4.79 Å². The van der Waals surface area contributed by atoms with Crippen molar-refractivity contribution in [3.8, 4) is 0 Å². The lowest BCUT2D eigenvalue weighted by molar-refractivity contribution is 0.0703. The van der Waals surface area contributed by atoms with E-state index in [-0.39, 0.29) is 5.91 Å². The number of amides is 1. The predicted molar refractivity (Wildman–Crippen MR) is 94.5 cm³/mol. The maximum atomic E-state index is 12.5. The first kappa shape index (κ1) is 16.0. The number of nitrogens with zero attached hydrogens (tertiary/aromatic N) is 6. The van der Waals surface area contributed by atoms with E-state index in [2.05, 4.69) is 25.0 Å². The zero-order valence-electron chi connectivity index (χ0n) is 14.1. The van der Waals surface area contributed by atoms with E-state index in [4.69, 9.17) is 0 Å². The number of rotatable bonds is 4. The van der Waals surface area contributed by atoms with Gasteiger partial charge in [0.25, 0.3) is 5.91 Å².